The van der Waals surface area contributed by atoms with Crippen molar-refractivity contribution in [3.05, 3.63) is 17.7 Å². The average molecular weight is 253 g/mol. The van der Waals surface area contributed by atoms with Crippen LogP contribution < -0.4 is 15.2 Å². The first-order valence-electron chi connectivity index (χ1n) is 6.15. The Bertz CT molecular complexity index is 380. The van der Waals surface area contributed by atoms with Gasteiger partial charge in [0.05, 0.1) is 26.0 Å². The van der Waals surface area contributed by atoms with Gasteiger partial charge in [0, 0.05) is 13.2 Å². The molecule has 0 aliphatic heterocycles. The summed E-state index contributed by atoms with van der Waals surface area (Å²) in [5, 5.41) is 0. The fourth-order valence-corrected chi connectivity index (χ4v) is 1.93. The third kappa shape index (κ3) is 3.81. The number of methoxy groups -OCH3 is 3. The third-order valence-corrected chi connectivity index (χ3v) is 3.07. The standard InChI is InChI=1S/C14H23NO3/c1-10(16-2)6-5-7-11-8-12(17-3)9-13(15)14(11)18-4/h8-10H,5-7,15H2,1-4H3. The lowest BCUT2D eigenvalue weighted by molar-refractivity contribution is 0.109. The quantitative estimate of drug-likeness (QED) is 0.759. The van der Waals surface area contributed by atoms with Crippen molar-refractivity contribution < 1.29 is 14.2 Å². The molecule has 1 aromatic carbocycles. The van der Waals surface area contributed by atoms with Gasteiger partial charge in [-0.3, -0.25) is 0 Å². The van der Waals surface area contributed by atoms with E-state index in [1.165, 1.54) is 0 Å². The number of aryl methyl sites for hydroxylation is 1. The van der Waals surface area contributed by atoms with Gasteiger partial charge in [0.1, 0.15) is 11.5 Å². The molecule has 0 fully saturated rings. The van der Waals surface area contributed by atoms with Crippen molar-refractivity contribution in [3.8, 4) is 11.5 Å². The van der Waals surface area contributed by atoms with Crippen LogP contribution in [0.3, 0.4) is 0 Å². The first kappa shape index (κ1) is 14.6. The Morgan fingerprint density at radius 3 is 2.44 bits per heavy atom. The van der Waals surface area contributed by atoms with E-state index in [2.05, 4.69) is 6.92 Å². The smallest absolute Gasteiger partial charge is 0.145 e. The molecule has 1 atom stereocenters. The second-order valence-corrected chi connectivity index (χ2v) is 4.35. The van der Waals surface area contributed by atoms with Crippen LogP contribution in [0.1, 0.15) is 25.3 Å². The van der Waals surface area contributed by atoms with Gasteiger partial charge in [-0.1, -0.05) is 0 Å². The van der Waals surface area contributed by atoms with Crippen LogP contribution in [0.15, 0.2) is 12.1 Å². The van der Waals surface area contributed by atoms with Gasteiger partial charge < -0.3 is 19.9 Å². The molecule has 0 aliphatic rings. The first-order valence-corrected chi connectivity index (χ1v) is 6.15. The summed E-state index contributed by atoms with van der Waals surface area (Å²) in [6, 6.07) is 3.76. The highest BCUT2D eigenvalue weighted by Crippen LogP contribution is 2.32. The van der Waals surface area contributed by atoms with E-state index in [0.29, 0.717) is 5.69 Å². The fraction of sp³-hybridized carbons (Fsp3) is 0.571. The van der Waals surface area contributed by atoms with Crippen molar-refractivity contribution in [2.75, 3.05) is 27.1 Å². The molecule has 0 amide bonds. The van der Waals surface area contributed by atoms with Gasteiger partial charge in [-0.25, -0.2) is 0 Å². The molecular weight excluding hydrogens is 230 g/mol. The number of rotatable bonds is 7. The van der Waals surface area contributed by atoms with Crippen LogP contribution in [0.25, 0.3) is 0 Å². The topological polar surface area (TPSA) is 53.7 Å². The van der Waals surface area contributed by atoms with Gasteiger partial charge in [-0.2, -0.15) is 0 Å². The van der Waals surface area contributed by atoms with Crippen molar-refractivity contribution in [3.63, 3.8) is 0 Å². The van der Waals surface area contributed by atoms with Gasteiger partial charge >= 0.3 is 0 Å². The molecule has 0 spiro atoms. The van der Waals surface area contributed by atoms with Crippen molar-refractivity contribution in [2.45, 2.75) is 32.3 Å². The molecule has 0 radical (unpaired) electrons. The predicted octanol–water partition coefficient (Wildman–Crippen LogP) is 2.64. The van der Waals surface area contributed by atoms with Crippen LogP contribution in [0.5, 0.6) is 11.5 Å². The van der Waals surface area contributed by atoms with E-state index >= 15 is 0 Å². The highest BCUT2D eigenvalue weighted by atomic mass is 16.5. The lowest BCUT2D eigenvalue weighted by Gasteiger charge is -2.14. The van der Waals surface area contributed by atoms with Gasteiger partial charge in [-0.05, 0) is 37.8 Å². The number of benzene rings is 1. The van der Waals surface area contributed by atoms with E-state index in [1.807, 2.05) is 6.07 Å². The fourth-order valence-electron chi connectivity index (χ4n) is 1.93. The lowest BCUT2D eigenvalue weighted by Crippen LogP contribution is -2.05. The third-order valence-electron chi connectivity index (χ3n) is 3.07. The molecule has 0 saturated heterocycles. The van der Waals surface area contributed by atoms with Gasteiger partial charge in [0.25, 0.3) is 0 Å². The average Bonchev–Trinajstić information content (AvgIpc) is 2.37. The zero-order valence-electron chi connectivity index (χ0n) is 11.7. The molecule has 1 aromatic rings. The molecule has 102 valence electrons. The Morgan fingerprint density at radius 2 is 1.89 bits per heavy atom. The van der Waals surface area contributed by atoms with Crippen LogP contribution >= 0.6 is 0 Å². The van der Waals surface area contributed by atoms with Gasteiger partial charge in [0.2, 0.25) is 0 Å². The van der Waals surface area contributed by atoms with Gasteiger partial charge in [0.15, 0.2) is 0 Å². The summed E-state index contributed by atoms with van der Waals surface area (Å²) >= 11 is 0. The van der Waals surface area contributed by atoms with Crippen LogP contribution in [0.4, 0.5) is 5.69 Å². The van der Waals surface area contributed by atoms with Crippen LogP contribution in [-0.2, 0) is 11.2 Å². The molecule has 18 heavy (non-hydrogen) atoms. The number of hydrogen-bond acceptors (Lipinski definition) is 4. The number of nitrogen functional groups attached to an aromatic ring is 1. The Morgan fingerprint density at radius 1 is 1.17 bits per heavy atom. The molecule has 1 rings (SSSR count). The normalized spacial score (nSPS) is 12.2. The molecule has 1 unspecified atom stereocenters. The summed E-state index contributed by atoms with van der Waals surface area (Å²) in [6.07, 6.45) is 3.21. The minimum absolute atomic E-state index is 0.277. The zero-order valence-corrected chi connectivity index (χ0v) is 11.7. The van der Waals surface area contributed by atoms with E-state index in [9.17, 15) is 0 Å². The molecule has 0 heterocycles. The molecule has 0 aliphatic carbocycles. The first-order chi connectivity index (χ1) is 8.62. The Hall–Kier alpha value is -1.42. The largest absolute Gasteiger partial charge is 0.497 e. The SMILES string of the molecule is COc1cc(N)c(OC)c(CCCC(C)OC)c1. The second-order valence-electron chi connectivity index (χ2n) is 4.35. The van der Waals surface area contributed by atoms with Crippen molar-refractivity contribution >= 4 is 5.69 Å². The molecule has 0 saturated carbocycles. The van der Waals surface area contributed by atoms with E-state index in [1.54, 1.807) is 27.4 Å². The van der Waals surface area contributed by atoms with Crippen molar-refractivity contribution in [1.82, 2.24) is 0 Å². The lowest BCUT2D eigenvalue weighted by atomic mass is 10.0. The maximum absolute atomic E-state index is 5.94. The van der Waals surface area contributed by atoms with E-state index in [0.717, 1.165) is 36.3 Å². The highest BCUT2D eigenvalue weighted by Gasteiger charge is 2.10. The summed E-state index contributed by atoms with van der Waals surface area (Å²) in [5.74, 6) is 1.52. The monoisotopic (exact) mass is 253 g/mol. The van der Waals surface area contributed by atoms with Crippen molar-refractivity contribution in [1.29, 1.82) is 0 Å². The summed E-state index contributed by atoms with van der Waals surface area (Å²) in [7, 11) is 5.01. The maximum Gasteiger partial charge on any atom is 0.145 e. The minimum atomic E-state index is 0.277. The van der Waals surface area contributed by atoms with E-state index in [-0.39, 0.29) is 6.10 Å². The highest BCUT2D eigenvalue weighted by molar-refractivity contribution is 5.60. The van der Waals surface area contributed by atoms with E-state index in [4.69, 9.17) is 19.9 Å². The number of anilines is 1. The number of hydrogen-bond donors (Lipinski definition) is 1. The summed E-state index contributed by atoms with van der Waals surface area (Å²) in [5.41, 5.74) is 7.63. The Balaban J connectivity index is 2.76. The number of nitrogens with two attached hydrogens (primary N) is 1. The molecular formula is C14H23NO3. The zero-order chi connectivity index (χ0) is 13.5. The van der Waals surface area contributed by atoms with Crippen LogP contribution in [-0.4, -0.2) is 27.4 Å². The minimum Gasteiger partial charge on any atom is -0.497 e. The predicted molar refractivity (Wildman–Crippen MR) is 73.4 cm³/mol. The maximum atomic E-state index is 5.94. The van der Waals surface area contributed by atoms with E-state index < -0.39 is 0 Å². The van der Waals surface area contributed by atoms with Crippen LogP contribution in [0.2, 0.25) is 0 Å². The summed E-state index contributed by atoms with van der Waals surface area (Å²) in [4.78, 5) is 0. The van der Waals surface area contributed by atoms with Crippen molar-refractivity contribution in [2.24, 2.45) is 0 Å². The second kappa shape index (κ2) is 7.11. The molecule has 0 aromatic heterocycles. The Labute approximate surface area is 109 Å². The molecule has 2 N–H and O–H groups in total. The molecule has 4 heteroatoms. The summed E-state index contributed by atoms with van der Waals surface area (Å²) < 4.78 is 15.8. The number of ether oxygens (including phenoxy) is 3. The van der Waals surface area contributed by atoms with Gasteiger partial charge in [-0.15, -0.1) is 0 Å². The molecule has 4 nitrogen and oxygen atoms in total. The summed E-state index contributed by atoms with van der Waals surface area (Å²) in [6.45, 7) is 2.07. The Kier molecular flexibility index (Phi) is 5.78. The van der Waals surface area contributed by atoms with Crippen LogP contribution in [0, 0.1) is 0 Å². The molecule has 0 bridgehead atoms.